The summed E-state index contributed by atoms with van der Waals surface area (Å²) in [6, 6.07) is 19.9. The first-order valence-electron chi connectivity index (χ1n) is 19.2. The highest BCUT2D eigenvalue weighted by Gasteiger charge is 2.49. The number of unbranched alkanes of at least 4 members (excludes halogenated alkanes) is 1. The Morgan fingerprint density at radius 1 is 0.911 bits per heavy atom. The Hall–Kier alpha value is -3.82. The van der Waals surface area contributed by atoms with Crippen molar-refractivity contribution in [3.05, 3.63) is 107 Å². The van der Waals surface area contributed by atoms with Gasteiger partial charge in [0.15, 0.2) is 8.32 Å². The van der Waals surface area contributed by atoms with Crippen LogP contribution in [0.5, 0.6) is 0 Å². The van der Waals surface area contributed by atoms with E-state index in [-0.39, 0.29) is 53.7 Å². The Morgan fingerprint density at radius 3 is 2.05 bits per heavy atom. The molecule has 2 amide bonds. The molecule has 1 aliphatic rings. The molecule has 13 heteroatoms. The fourth-order valence-electron chi connectivity index (χ4n) is 6.57. The van der Waals surface area contributed by atoms with Crippen LogP contribution in [0.15, 0.2) is 78.9 Å². The van der Waals surface area contributed by atoms with Gasteiger partial charge in [-0.1, -0.05) is 69.3 Å². The Kier molecular flexibility index (Phi) is 15.7. The molecule has 7 atom stereocenters. The van der Waals surface area contributed by atoms with Crippen molar-refractivity contribution in [1.29, 1.82) is 0 Å². The molecule has 5 N–H and O–H groups in total. The number of allylic oxidation sites excluding steroid dienone is 1. The lowest BCUT2D eigenvalue weighted by Gasteiger charge is -2.48. The minimum atomic E-state index is -2.24. The van der Waals surface area contributed by atoms with E-state index in [0.29, 0.717) is 31.4 Å². The maximum absolute atomic E-state index is 13.9. The summed E-state index contributed by atoms with van der Waals surface area (Å²) in [4.78, 5) is 29.4. The van der Waals surface area contributed by atoms with Gasteiger partial charge in [0, 0.05) is 25.7 Å². The van der Waals surface area contributed by atoms with E-state index in [1.165, 1.54) is 36.2 Å². The summed E-state index contributed by atoms with van der Waals surface area (Å²) in [5.74, 6) is -1.40. The average molecular weight is 797 g/mol. The molecule has 3 aromatic rings. The molecule has 0 aliphatic carbocycles. The van der Waals surface area contributed by atoms with Crippen molar-refractivity contribution >= 4 is 31.9 Å². The number of likely N-dealkylation sites (N-methyl/N-ethyl adjacent to an activating group) is 1. The van der Waals surface area contributed by atoms with Crippen LogP contribution in [-0.4, -0.2) is 95.2 Å². The molecule has 3 aromatic carbocycles. The SMILES string of the molecule is CN(CC(O)C(O)C(O)C(O)CO)C(=O)CCC/C=C/c1ccc(C2C(CCC(O[Si](C)(C)C(C)(C)C)c3ccc(F)cc3)C(=O)N2c2ccc(F)cc2)cc1. The second-order valence-corrected chi connectivity index (χ2v) is 21.0. The third kappa shape index (κ3) is 11.4. The van der Waals surface area contributed by atoms with E-state index >= 15 is 0 Å². The van der Waals surface area contributed by atoms with Gasteiger partial charge in [0.05, 0.1) is 24.7 Å². The summed E-state index contributed by atoms with van der Waals surface area (Å²) >= 11 is 0. The van der Waals surface area contributed by atoms with Crippen LogP contribution in [0, 0.1) is 17.6 Å². The molecular weight excluding hydrogens is 739 g/mol. The van der Waals surface area contributed by atoms with Crippen LogP contribution in [0.1, 0.15) is 81.7 Å². The van der Waals surface area contributed by atoms with Gasteiger partial charge in [-0.3, -0.25) is 9.59 Å². The van der Waals surface area contributed by atoms with Crippen LogP contribution >= 0.6 is 0 Å². The summed E-state index contributed by atoms with van der Waals surface area (Å²) in [7, 11) is -0.771. The zero-order valence-electron chi connectivity index (χ0n) is 33.2. The maximum Gasteiger partial charge on any atom is 0.233 e. The van der Waals surface area contributed by atoms with Crippen molar-refractivity contribution in [2.75, 3.05) is 25.1 Å². The number of hydrogen-bond acceptors (Lipinski definition) is 8. The molecule has 0 bridgehead atoms. The summed E-state index contributed by atoms with van der Waals surface area (Å²) in [6.07, 6.45) is -0.671. The topological polar surface area (TPSA) is 151 Å². The number of amides is 2. The van der Waals surface area contributed by atoms with Crippen molar-refractivity contribution in [3.8, 4) is 0 Å². The number of aliphatic hydroxyl groups is 5. The number of rotatable bonds is 19. The van der Waals surface area contributed by atoms with Gasteiger partial charge in [-0.25, -0.2) is 8.78 Å². The van der Waals surface area contributed by atoms with Gasteiger partial charge >= 0.3 is 0 Å². The number of β-lactam (4-membered cyclic amide) rings is 1. The molecule has 56 heavy (non-hydrogen) atoms. The van der Waals surface area contributed by atoms with Crippen LogP contribution in [0.25, 0.3) is 6.08 Å². The van der Waals surface area contributed by atoms with E-state index in [0.717, 1.165) is 16.7 Å². The van der Waals surface area contributed by atoms with Crippen molar-refractivity contribution in [3.63, 3.8) is 0 Å². The molecule has 1 saturated heterocycles. The van der Waals surface area contributed by atoms with Gasteiger partial charge in [-0.15, -0.1) is 0 Å². The van der Waals surface area contributed by atoms with Crippen LogP contribution in [0.3, 0.4) is 0 Å². The van der Waals surface area contributed by atoms with E-state index in [4.69, 9.17) is 9.53 Å². The molecule has 1 aliphatic heterocycles. The molecule has 0 aromatic heterocycles. The number of nitrogens with zero attached hydrogens (tertiary/aromatic N) is 2. The fraction of sp³-hybridized carbons (Fsp3) is 0.488. The highest BCUT2D eigenvalue weighted by Crippen LogP contribution is 2.48. The summed E-state index contributed by atoms with van der Waals surface area (Å²) in [6.45, 7) is 9.81. The molecule has 306 valence electrons. The van der Waals surface area contributed by atoms with Crippen LogP contribution in [0.4, 0.5) is 14.5 Å². The standard InChI is InChI=1S/C43H58F2N2O8Si/c1-43(2,3)56(5,6)55-37(29-16-18-31(44)19-17-29)25-24-34-39(47(42(34)54)33-22-20-32(45)21-23-33)30-14-12-28(13-15-30)10-8-7-9-11-38(51)46(4)26-35(49)40(52)41(53)36(50)27-48/h8,10,12-23,34-37,39-41,48-50,52-53H,7,9,11,24-27H2,1-6H3/b10-8+. The van der Waals surface area contributed by atoms with Gasteiger partial charge in [0.2, 0.25) is 11.8 Å². The van der Waals surface area contributed by atoms with Crippen molar-refractivity contribution in [2.45, 2.75) is 108 Å². The van der Waals surface area contributed by atoms with Gasteiger partial charge < -0.3 is 39.8 Å². The third-order valence-electron chi connectivity index (χ3n) is 11.1. The predicted molar refractivity (Wildman–Crippen MR) is 215 cm³/mol. The highest BCUT2D eigenvalue weighted by atomic mass is 28.4. The Morgan fingerprint density at radius 2 is 1.48 bits per heavy atom. The summed E-state index contributed by atoms with van der Waals surface area (Å²) < 4.78 is 34.6. The van der Waals surface area contributed by atoms with Crippen molar-refractivity contribution in [1.82, 2.24) is 4.90 Å². The smallest absolute Gasteiger partial charge is 0.233 e. The van der Waals surface area contributed by atoms with E-state index in [1.807, 2.05) is 36.4 Å². The van der Waals surface area contributed by atoms with Crippen molar-refractivity contribution in [2.24, 2.45) is 5.92 Å². The number of carbonyl (C=O) groups excluding carboxylic acids is 2. The van der Waals surface area contributed by atoms with Gasteiger partial charge in [0.25, 0.3) is 0 Å². The predicted octanol–water partition coefficient (Wildman–Crippen LogP) is 6.29. The molecule has 1 heterocycles. The lowest BCUT2D eigenvalue weighted by atomic mass is 9.78. The molecule has 1 fully saturated rings. The zero-order valence-corrected chi connectivity index (χ0v) is 34.2. The second kappa shape index (κ2) is 19.6. The monoisotopic (exact) mass is 796 g/mol. The third-order valence-corrected chi connectivity index (χ3v) is 15.6. The van der Waals surface area contributed by atoms with E-state index in [2.05, 4.69) is 33.9 Å². The van der Waals surface area contributed by atoms with Gasteiger partial charge in [-0.2, -0.15) is 0 Å². The number of anilines is 1. The first-order valence-corrected chi connectivity index (χ1v) is 22.1. The first-order chi connectivity index (χ1) is 26.3. The average Bonchev–Trinajstić information content (AvgIpc) is 3.16. The van der Waals surface area contributed by atoms with Gasteiger partial charge in [0.1, 0.15) is 36.1 Å². The fourth-order valence-corrected chi connectivity index (χ4v) is 7.89. The quantitative estimate of drug-likeness (QED) is 0.0540. The van der Waals surface area contributed by atoms with Crippen LogP contribution < -0.4 is 4.90 Å². The maximum atomic E-state index is 13.9. The molecule has 0 saturated carbocycles. The lowest BCUT2D eigenvalue weighted by Crippen LogP contribution is -2.55. The molecule has 4 rings (SSSR count). The minimum absolute atomic E-state index is 0.0558. The summed E-state index contributed by atoms with van der Waals surface area (Å²) in [5, 5.41) is 48.4. The lowest BCUT2D eigenvalue weighted by molar-refractivity contribution is -0.138. The summed E-state index contributed by atoms with van der Waals surface area (Å²) in [5.41, 5.74) is 3.33. The van der Waals surface area contributed by atoms with E-state index in [9.17, 15) is 38.8 Å². The van der Waals surface area contributed by atoms with Crippen molar-refractivity contribution < 1.29 is 48.3 Å². The number of aliphatic hydroxyl groups excluding tert-OH is 5. The Balaban J connectivity index is 1.41. The normalized spacial score (nSPS) is 19.0. The molecule has 10 nitrogen and oxygen atoms in total. The first kappa shape index (κ1) is 44.9. The largest absolute Gasteiger partial charge is 0.410 e. The highest BCUT2D eigenvalue weighted by molar-refractivity contribution is 6.74. The van der Waals surface area contributed by atoms with E-state index in [1.54, 1.807) is 29.2 Å². The van der Waals surface area contributed by atoms with Gasteiger partial charge in [-0.05, 0) is 96.9 Å². The molecule has 0 radical (unpaired) electrons. The molecule has 7 unspecified atom stereocenters. The minimum Gasteiger partial charge on any atom is -0.410 e. The number of carbonyl (C=O) groups is 2. The number of benzene rings is 3. The molecular formula is C43H58F2N2O8Si. The van der Waals surface area contributed by atoms with Crippen LogP contribution in [0.2, 0.25) is 18.1 Å². The Labute approximate surface area is 330 Å². The zero-order chi connectivity index (χ0) is 41.4. The Bertz CT molecular complexity index is 1750. The number of halogens is 2. The number of hydrogen-bond donors (Lipinski definition) is 5. The van der Waals surface area contributed by atoms with E-state index < -0.39 is 45.2 Å². The van der Waals surface area contributed by atoms with Crippen LogP contribution in [-0.2, 0) is 14.0 Å². The second-order valence-electron chi connectivity index (χ2n) is 16.3. The molecule has 0 spiro atoms.